The summed E-state index contributed by atoms with van der Waals surface area (Å²) >= 11 is 1.78. The van der Waals surface area contributed by atoms with E-state index in [1.165, 1.54) is 25.7 Å². The molecule has 1 aliphatic heterocycles. The molecule has 21 heavy (non-hydrogen) atoms. The summed E-state index contributed by atoms with van der Waals surface area (Å²) in [6, 6.07) is 5.57. The van der Waals surface area contributed by atoms with Gasteiger partial charge in [-0.15, -0.1) is 11.8 Å². The number of hydrogen-bond acceptors (Lipinski definition) is 4. The zero-order chi connectivity index (χ0) is 14.5. The van der Waals surface area contributed by atoms with Crippen LogP contribution >= 0.6 is 11.8 Å². The summed E-state index contributed by atoms with van der Waals surface area (Å²) in [6.07, 6.45) is 6.00. The van der Waals surface area contributed by atoms with Gasteiger partial charge in [-0.25, -0.2) is 0 Å². The van der Waals surface area contributed by atoms with Crippen LogP contribution in [0.15, 0.2) is 18.2 Å². The highest BCUT2D eigenvalue weighted by Crippen LogP contribution is 2.33. The van der Waals surface area contributed by atoms with Gasteiger partial charge >= 0.3 is 0 Å². The van der Waals surface area contributed by atoms with Crippen molar-refractivity contribution in [1.82, 2.24) is 0 Å². The third-order valence-electron chi connectivity index (χ3n) is 3.78. The number of carbonyl (C=O) groups excluding carboxylic acids is 1. The zero-order valence-corrected chi connectivity index (χ0v) is 12.9. The molecule has 1 aromatic carbocycles. The van der Waals surface area contributed by atoms with Crippen LogP contribution in [0.1, 0.15) is 32.1 Å². The van der Waals surface area contributed by atoms with Gasteiger partial charge in [-0.2, -0.15) is 0 Å². The first-order chi connectivity index (χ1) is 10.3. The molecule has 4 nitrogen and oxygen atoms in total. The first-order valence-corrected chi connectivity index (χ1v) is 8.67. The van der Waals surface area contributed by atoms with Crippen molar-refractivity contribution in [3.05, 3.63) is 18.2 Å². The maximum Gasteiger partial charge on any atom is 0.234 e. The van der Waals surface area contributed by atoms with Crippen molar-refractivity contribution in [2.45, 2.75) is 37.4 Å². The van der Waals surface area contributed by atoms with Gasteiger partial charge in [-0.3, -0.25) is 4.79 Å². The van der Waals surface area contributed by atoms with Crippen LogP contribution in [0.2, 0.25) is 0 Å². The lowest BCUT2D eigenvalue weighted by molar-refractivity contribution is -0.113. The van der Waals surface area contributed by atoms with E-state index in [1.807, 2.05) is 18.2 Å². The number of anilines is 1. The summed E-state index contributed by atoms with van der Waals surface area (Å²) < 4.78 is 11.2. The average molecular weight is 307 g/mol. The van der Waals surface area contributed by atoms with Gasteiger partial charge in [0.25, 0.3) is 0 Å². The Morgan fingerprint density at radius 1 is 1.14 bits per heavy atom. The minimum absolute atomic E-state index is 0.0568. The molecule has 1 saturated carbocycles. The molecular formula is C16H21NO3S. The van der Waals surface area contributed by atoms with Gasteiger partial charge in [0.2, 0.25) is 5.91 Å². The fraction of sp³-hybridized carbons (Fsp3) is 0.562. The molecular weight excluding hydrogens is 286 g/mol. The minimum atomic E-state index is 0.0568. The summed E-state index contributed by atoms with van der Waals surface area (Å²) in [7, 11) is 0. The first-order valence-electron chi connectivity index (χ1n) is 7.62. The van der Waals surface area contributed by atoms with Crippen molar-refractivity contribution >= 4 is 23.4 Å². The third kappa shape index (κ3) is 4.06. The highest BCUT2D eigenvalue weighted by molar-refractivity contribution is 8.00. The van der Waals surface area contributed by atoms with Gasteiger partial charge in [0.05, 0.1) is 19.0 Å². The fourth-order valence-electron chi connectivity index (χ4n) is 2.69. The van der Waals surface area contributed by atoms with Gasteiger partial charge in [-0.1, -0.05) is 12.8 Å². The maximum atomic E-state index is 12.0. The van der Waals surface area contributed by atoms with Crippen molar-refractivity contribution in [3.8, 4) is 11.5 Å². The molecule has 0 unspecified atom stereocenters. The highest BCUT2D eigenvalue weighted by Gasteiger charge is 2.17. The fourth-order valence-corrected chi connectivity index (χ4v) is 3.81. The molecule has 1 amide bonds. The Bertz CT molecular complexity index is 500. The number of amides is 1. The molecule has 2 aliphatic rings. The van der Waals surface area contributed by atoms with E-state index in [0.29, 0.717) is 30.0 Å². The lowest BCUT2D eigenvalue weighted by Gasteiger charge is -2.11. The molecule has 3 rings (SSSR count). The van der Waals surface area contributed by atoms with E-state index in [-0.39, 0.29) is 5.91 Å². The molecule has 1 heterocycles. The van der Waals surface area contributed by atoms with Crippen LogP contribution in [-0.2, 0) is 4.79 Å². The van der Waals surface area contributed by atoms with Crippen LogP contribution < -0.4 is 14.8 Å². The molecule has 0 atom stereocenters. The minimum Gasteiger partial charge on any atom is -0.490 e. The number of fused-ring (bicyclic) bond motifs is 1. The van der Waals surface area contributed by atoms with Gasteiger partial charge in [0, 0.05) is 23.4 Å². The Morgan fingerprint density at radius 3 is 2.71 bits per heavy atom. The first kappa shape index (κ1) is 14.6. The van der Waals surface area contributed by atoms with Gasteiger partial charge in [0.15, 0.2) is 11.5 Å². The number of nitrogens with one attached hydrogen (secondary N) is 1. The molecule has 1 fully saturated rings. The molecule has 114 valence electrons. The lowest BCUT2D eigenvalue weighted by Crippen LogP contribution is -2.15. The Labute approximate surface area is 129 Å². The van der Waals surface area contributed by atoms with Gasteiger partial charge in [0.1, 0.15) is 0 Å². The van der Waals surface area contributed by atoms with Crippen molar-refractivity contribution in [1.29, 1.82) is 0 Å². The van der Waals surface area contributed by atoms with Crippen molar-refractivity contribution in [3.63, 3.8) is 0 Å². The third-order valence-corrected chi connectivity index (χ3v) is 5.16. The summed E-state index contributed by atoms with van der Waals surface area (Å²) in [4.78, 5) is 12.0. The van der Waals surface area contributed by atoms with E-state index in [4.69, 9.17) is 9.47 Å². The standard InChI is InChI=1S/C16H21NO3S/c18-16(11-21-13-4-1-2-5-13)17-12-6-7-14-15(10-12)20-9-3-8-19-14/h6-7,10,13H,1-5,8-9,11H2,(H,17,18). The normalized spacial score (nSPS) is 18.3. The second kappa shape index (κ2) is 7.07. The summed E-state index contributed by atoms with van der Waals surface area (Å²) in [6.45, 7) is 1.33. The quantitative estimate of drug-likeness (QED) is 0.925. The van der Waals surface area contributed by atoms with Gasteiger partial charge in [-0.05, 0) is 25.0 Å². The van der Waals surface area contributed by atoms with E-state index in [0.717, 1.165) is 17.9 Å². The Kier molecular flexibility index (Phi) is 4.91. The molecule has 1 aliphatic carbocycles. The summed E-state index contributed by atoms with van der Waals surface area (Å²) in [5, 5.41) is 3.61. The van der Waals surface area contributed by atoms with E-state index in [1.54, 1.807) is 11.8 Å². The molecule has 0 aromatic heterocycles. The van der Waals surface area contributed by atoms with Crippen LogP contribution in [0, 0.1) is 0 Å². The largest absolute Gasteiger partial charge is 0.490 e. The van der Waals surface area contributed by atoms with Gasteiger partial charge < -0.3 is 14.8 Å². The predicted octanol–water partition coefficient (Wildman–Crippen LogP) is 3.46. The summed E-state index contributed by atoms with van der Waals surface area (Å²) in [5.74, 6) is 2.06. The molecule has 1 aromatic rings. The molecule has 0 bridgehead atoms. The van der Waals surface area contributed by atoms with Crippen LogP contribution in [-0.4, -0.2) is 30.1 Å². The predicted molar refractivity (Wildman–Crippen MR) is 85.4 cm³/mol. The number of thioether (sulfide) groups is 1. The van der Waals surface area contributed by atoms with Crippen molar-refractivity contribution in [2.24, 2.45) is 0 Å². The Balaban J connectivity index is 1.54. The SMILES string of the molecule is O=C(CSC1CCCC1)Nc1ccc2c(c1)OCCCO2. The molecule has 0 saturated heterocycles. The molecule has 0 spiro atoms. The second-order valence-corrected chi connectivity index (χ2v) is 6.77. The Hall–Kier alpha value is -1.36. The highest BCUT2D eigenvalue weighted by atomic mass is 32.2. The van der Waals surface area contributed by atoms with E-state index < -0.39 is 0 Å². The molecule has 1 N–H and O–H groups in total. The molecule has 0 radical (unpaired) electrons. The number of rotatable bonds is 4. The molecule has 5 heteroatoms. The zero-order valence-electron chi connectivity index (χ0n) is 12.1. The van der Waals surface area contributed by atoms with Crippen molar-refractivity contribution in [2.75, 3.05) is 24.3 Å². The average Bonchev–Trinajstić information content (AvgIpc) is 2.90. The monoisotopic (exact) mass is 307 g/mol. The number of benzene rings is 1. The van der Waals surface area contributed by atoms with E-state index in [2.05, 4.69) is 5.32 Å². The van der Waals surface area contributed by atoms with Crippen molar-refractivity contribution < 1.29 is 14.3 Å². The number of hydrogen-bond donors (Lipinski definition) is 1. The second-order valence-electron chi connectivity index (χ2n) is 5.48. The Morgan fingerprint density at radius 2 is 1.90 bits per heavy atom. The smallest absolute Gasteiger partial charge is 0.234 e. The van der Waals surface area contributed by atoms with Crippen LogP contribution in [0.5, 0.6) is 11.5 Å². The lowest BCUT2D eigenvalue weighted by atomic mass is 10.2. The van der Waals surface area contributed by atoms with Crippen LogP contribution in [0.3, 0.4) is 0 Å². The van der Waals surface area contributed by atoms with E-state index >= 15 is 0 Å². The topological polar surface area (TPSA) is 47.6 Å². The van der Waals surface area contributed by atoms with Crippen LogP contribution in [0.25, 0.3) is 0 Å². The number of ether oxygens (including phenoxy) is 2. The number of carbonyl (C=O) groups is 1. The summed E-state index contributed by atoms with van der Waals surface area (Å²) in [5.41, 5.74) is 0.774. The van der Waals surface area contributed by atoms with Crippen LogP contribution in [0.4, 0.5) is 5.69 Å². The maximum absolute atomic E-state index is 12.0. The van der Waals surface area contributed by atoms with E-state index in [9.17, 15) is 4.79 Å².